The van der Waals surface area contributed by atoms with Crippen molar-refractivity contribution >= 4 is 16.9 Å². The van der Waals surface area contributed by atoms with Crippen LogP contribution in [0.15, 0.2) is 30.4 Å². The van der Waals surface area contributed by atoms with Crippen LogP contribution in [0.3, 0.4) is 0 Å². The van der Waals surface area contributed by atoms with E-state index in [1.165, 1.54) is 0 Å². The fourth-order valence-electron chi connectivity index (χ4n) is 2.01. The molecule has 2 aromatic rings. The summed E-state index contributed by atoms with van der Waals surface area (Å²) in [4.78, 5) is 15.1. The summed E-state index contributed by atoms with van der Waals surface area (Å²) in [5.41, 5.74) is -0.770. The summed E-state index contributed by atoms with van der Waals surface area (Å²) >= 11 is 0. The normalized spacial score (nSPS) is 61.4. The van der Waals surface area contributed by atoms with Gasteiger partial charge in [-0.05, 0) is 25.8 Å². The van der Waals surface area contributed by atoms with Crippen molar-refractivity contribution in [1.29, 1.82) is 0 Å². The molecule has 3 atom stereocenters. The molecule has 1 unspecified atom stereocenters. The van der Waals surface area contributed by atoms with Crippen LogP contribution < -0.4 is 0 Å². The topological polar surface area (TPSA) is 45.3 Å². The number of hydrogen-bond donors (Lipinski definition) is 1. The summed E-state index contributed by atoms with van der Waals surface area (Å²) < 4.78 is 145. The smallest absolute Gasteiger partial charge is 0.340 e. The van der Waals surface area contributed by atoms with Crippen molar-refractivity contribution in [2.45, 2.75) is 43.6 Å². The first-order valence-electron chi connectivity index (χ1n) is 14.4. The van der Waals surface area contributed by atoms with Gasteiger partial charge in [0, 0.05) is 59.7 Å². The zero-order valence-corrected chi connectivity index (χ0v) is 10.4. The van der Waals surface area contributed by atoms with Gasteiger partial charge in [-0.2, -0.15) is 0 Å². The van der Waals surface area contributed by atoms with Crippen molar-refractivity contribution in [3.05, 3.63) is 36.0 Å². The molecule has 2 bridgehead atoms. The van der Waals surface area contributed by atoms with Crippen LogP contribution in [0, 0.1) is 0 Å². The molecule has 0 amide bonds. The highest BCUT2D eigenvalue weighted by Crippen LogP contribution is 2.35. The molecular weight excluding hydrogens is 264 g/mol. The number of esters is 1. The first-order chi connectivity index (χ1) is 16.8. The lowest BCUT2D eigenvalue weighted by Gasteiger charge is -2.35. The van der Waals surface area contributed by atoms with Gasteiger partial charge in [-0.1, -0.05) is 18.2 Å². The van der Waals surface area contributed by atoms with E-state index >= 15 is 0 Å². The molecule has 2 saturated heterocycles. The predicted molar refractivity (Wildman–Crippen MR) is 81.3 cm³/mol. The molecule has 1 N–H and O–H groups in total. The molecule has 4 heteroatoms. The molecule has 110 valence electrons. The molecule has 1 aromatic carbocycles. The van der Waals surface area contributed by atoms with Crippen LogP contribution in [0.25, 0.3) is 10.9 Å². The zero-order valence-electron chi connectivity index (χ0n) is 27.4. The summed E-state index contributed by atoms with van der Waals surface area (Å²) in [6.45, 7) is -3.82. The molecule has 4 rings (SSSR count). The second-order valence-electron chi connectivity index (χ2n) is 4.28. The lowest BCUT2D eigenvalue weighted by atomic mass is 10.0. The lowest BCUT2D eigenvalue weighted by Crippen LogP contribution is -2.43. The molecule has 0 aliphatic carbocycles. The molecule has 0 saturated carbocycles. The Bertz CT molecular complexity index is 1330. The molecule has 2 fully saturated rings. The maximum Gasteiger partial charge on any atom is 0.340 e. The van der Waals surface area contributed by atoms with Crippen molar-refractivity contribution in [2.75, 3.05) is 6.98 Å². The standard InChI is InChI=1S/C17H20N2O2/c1-19-11-6-7-12(19)9-13(8-11)21-17(20)15-10-18-16-5-3-2-4-14(15)16/h2-5,10-13,18H,6-9H2,1H3/t11-,12+,13?/i1D3,2D,3D,6D2,7D2,8D2,9D2,10D,11D,12D,13D. The highest BCUT2D eigenvalue weighted by molar-refractivity contribution is 6.04. The molecule has 21 heavy (non-hydrogen) atoms. The monoisotopic (exact) mass is 301 g/mol. The number of para-hydroxylation sites is 1. The number of nitrogens with zero attached hydrogens (tertiary/aromatic N) is 1. The third kappa shape index (κ3) is 2.14. The van der Waals surface area contributed by atoms with Crippen molar-refractivity contribution in [1.82, 2.24) is 9.88 Å². The van der Waals surface area contributed by atoms with E-state index in [1.54, 1.807) is 0 Å². The van der Waals surface area contributed by atoms with Gasteiger partial charge < -0.3 is 14.6 Å². The van der Waals surface area contributed by atoms with Crippen LogP contribution in [0.2, 0.25) is 0 Å². The van der Waals surface area contributed by atoms with Gasteiger partial charge in [0.15, 0.2) is 0 Å². The van der Waals surface area contributed by atoms with Gasteiger partial charge in [0.25, 0.3) is 0 Å². The van der Waals surface area contributed by atoms with Gasteiger partial charge in [-0.25, -0.2) is 4.79 Å². The van der Waals surface area contributed by atoms with E-state index in [-0.39, 0.29) is 16.9 Å². The van der Waals surface area contributed by atoms with Gasteiger partial charge in [0.2, 0.25) is 0 Å². The Morgan fingerprint density at radius 1 is 1.48 bits per heavy atom. The zero-order chi connectivity index (χ0) is 29.4. The minimum atomic E-state index is -4.16. The number of aromatic nitrogens is 1. The van der Waals surface area contributed by atoms with E-state index in [1.807, 2.05) is 0 Å². The second kappa shape index (κ2) is 4.88. The van der Waals surface area contributed by atoms with Crippen molar-refractivity contribution < 1.29 is 32.8 Å². The fraction of sp³-hybridized carbons (Fsp3) is 0.471. The van der Waals surface area contributed by atoms with Crippen LogP contribution >= 0.6 is 0 Å². The van der Waals surface area contributed by atoms with Gasteiger partial charge in [-0.3, -0.25) is 0 Å². The minimum absolute atomic E-state index is 0.0214. The van der Waals surface area contributed by atoms with Gasteiger partial charge in [-0.15, -0.1) is 0 Å². The summed E-state index contributed by atoms with van der Waals surface area (Å²) in [5, 5.41) is -0.208. The molecule has 0 radical (unpaired) electrons. The van der Waals surface area contributed by atoms with Crippen molar-refractivity contribution in [3.63, 3.8) is 0 Å². The number of hydrogen-bond acceptors (Lipinski definition) is 3. The lowest BCUT2D eigenvalue weighted by molar-refractivity contribution is -0.000258. The van der Waals surface area contributed by atoms with Crippen LogP contribution in [0.1, 0.15) is 59.2 Å². The Balaban J connectivity index is 2.00. The highest BCUT2D eigenvalue weighted by atomic mass is 16.5. The number of carbonyl (C=O) groups excluding carboxylic acids is 1. The number of fused-ring (bicyclic) bond motifs is 3. The number of benzene rings is 1. The van der Waals surface area contributed by atoms with Crippen LogP contribution in [-0.2, 0) is 4.74 Å². The number of ether oxygens (including phenoxy) is 1. The summed E-state index contributed by atoms with van der Waals surface area (Å²) in [6.07, 6.45) is -21.0. The number of carbonyl (C=O) groups is 1. The van der Waals surface area contributed by atoms with Gasteiger partial charge in [0.1, 0.15) is 6.08 Å². The Morgan fingerprint density at radius 3 is 3.00 bits per heavy atom. The number of piperidine rings is 1. The number of rotatable bonds is 2. The highest BCUT2D eigenvalue weighted by Gasteiger charge is 2.40. The van der Waals surface area contributed by atoms with Crippen LogP contribution in [0.5, 0.6) is 0 Å². The Labute approximate surface area is 148 Å². The molecule has 3 heterocycles. The van der Waals surface area contributed by atoms with Crippen LogP contribution in [0.4, 0.5) is 0 Å². The average molecular weight is 301 g/mol. The van der Waals surface area contributed by atoms with Crippen molar-refractivity contribution in [2.24, 2.45) is 0 Å². The molecule has 2 aliphatic heterocycles. The maximum absolute atomic E-state index is 13.3. The van der Waals surface area contributed by atoms with Crippen molar-refractivity contribution in [3.8, 4) is 0 Å². The molecule has 1 aromatic heterocycles. The third-order valence-corrected chi connectivity index (χ3v) is 3.01. The van der Waals surface area contributed by atoms with Gasteiger partial charge in [0.05, 0.1) is 11.0 Å². The summed E-state index contributed by atoms with van der Waals surface area (Å²) in [6, 6.07) is -6.67. The number of nitrogens with one attached hydrogen (secondary N) is 1. The maximum atomic E-state index is 13.3. The van der Waals surface area contributed by atoms with E-state index in [0.717, 1.165) is 12.1 Å². The van der Waals surface area contributed by atoms with E-state index < -0.39 is 79.2 Å². The SMILES string of the molecule is [2H]c1cc2[nH]c([2H])c(C(=O)OC3([2H])C([2H])([2H])[C@]4([2H])N(C([2H])([2H])[2H])[C@]([2H])(C3([2H])[2H])C([2H])([2H])C4([2H])[2H])c2cc1[2H]. The van der Waals surface area contributed by atoms with E-state index in [2.05, 4.69) is 4.98 Å². The van der Waals surface area contributed by atoms with E-state index in [4.69, 9.17) is 28.0 Å². The summed E-state index contributed by atoms with van der Waals surface area (Å²) in [5.74, 6) is -1.78. The minimum Gasteiger partial charge on any atom is -0.459 e. The Kier molecular flexibility index (Phi) is 0.961. The average Bonchev–Trinajstić information content (AvgIpc) is 3.09. The molecular formula is C17H20N2O2. The molecule has 0 spiro atoms. The van der Waals surface area contributed by atoms with E-state index in [0.29, 0.717) is 0 Å². The third-order valence-electron chi connectivity index (χ3n) is 3.01. The van der Waals surface area contributed by atoms with E-state index in [9.17, 15) is 4.79 Å². The Morgan fingerprint density at radius 2 is 2.24 bits per heavy atom. The summed E-state index contributed by atoms with van der Waals surface area (Å²) in [7, 11) is 0. The molecule has 2 aliphatic rings. The largest absolute Gasteiger partial charge is 0.459 e. The predicted octanol–water partition coefficient (Wildman–Crippen LogP) is 2.95. The fourth-order valence-corrected chi connectivity index (χ4v) is 2.01. The number of H-pyrrole nitrogens is 1. The quantitative estimate of drug-likeness (QED) is 0.868. The van der Waals surface area contributed by atoms with Gasteiger partial charge >= 0.3 is 5.97 Å². The second-order valence-corrected chi connectivity index (χ2v) is 4.28. The first-order valence-corrected chi connectivity index (χ1v) is 5.94. The number of aromatic amines is 1. The van der Waals surface area contributed by atoms with Crippen LogP contribution in [-0.4, -0.2) is 40.9 Å². The Hall–Kier alpha value is -1.81. The molecule has 4 nitrogen and oxygen atoms in total. The first kappa shape index (κ1) is 4.13.